The minimum absolute atomic E-state index is 0.0377. The van der Waals surface area contributed by atoms with Gasteiger partial charge in [-0.3, -0.25) is 0 Å². The first-order chi connectivity index (χ1) is 9.67. The van der Waals surface area contributed by atoms with Crippen molar-refractivity contribution < 1.29 is 9.47 Å². The standard InChI is InChI=1S/C16H22ClNO2/c1-12(13-3-2-4-14(17)9-13)18-15-5-7-20-16(10-15)6-8-19-11-16/h2-4,9,12,15,18H,5-8,10-11H2,1H3/t12-,15?,16?/m0/s1. The Kier molecular flexibility index (Phi) is 4.32. The average Bonchev–Trinajstić information content (AvgIpc) is 2.87. The van der Waals surface area contributed by atoms with Crippen molar-refractivity contribution in [3.63, 3.8) is 0 Å². The summed E-state index contributed by atoms with van der Waals surface area (Å²) in [6.07, 6.45) is 3.13. The topological polar surface area (TPSA) is 30.5 Å². The Hall–Kier alpha value is -0.610. The number of halogens is 1. The predicted molar refractivity (Wildman–Crippen MR) is 80.1 cm³/mol. The normalized spacial score (nSPS) is 31.6. The van der Waals surface area contributed by atoms with E-state index in [2.05, 4.69) is 18.3 Å². The zero-order valence-corrected chi connectivity index (χ0v) is 12.7. The Bertz CT molecular complexity index is 460. The maximum atomic E-state index is 6.07. The highest BCUT2D eigenvalue weighted by Crippen LogP contribution is 2.33. The van der Waals surface area contributed by atoms with Crippen LogP contribution in [0.5, 0.6) is 0 Å². The van der Waals surface area contributed by atoms with Gasteiger partial charge in [-0.15, -0.1) is 0 Å². The number of nitrogens with one attached hydrogen (secondary N) is 1. The Morgan fingerprint density at radius 1 is 1.40 bits per heavy atom. The molecule has 0 amide bonds. The van der Waals surface area contributed by atoms with Crippen LogP contribution in [-0.2, 0) is 9.47 Å². The SMILES string of the molecule is C[C@H](NC1CCOC2(CCOC2)C1)c1cccc(Cl)c1. The van der Waals surface area contributed by atoms with Crippen molar-refractivity contribution in [2.75, 3.05) is 19.8 Å². The van der Waals surface area contributed by atoms with Crippen LogP contribution in [0.3, 0.4) is 0 Å². The number of hydrogen-bond acceptors (Lipinski definition) is 3. The second kappa shape index (κ2) is 6.02. The van der Waals surface area contributed by atoms with Crippen LogP contribution < -0.4 is 5.32 Å². The van der Waals surface area contributed by atoms with E-state index in [0.29, 0.717) is 12.1 Å². The Labute approximate surface area is 125 Å². The minimum Gasteiger partial charge on any atom is -0.378 e. The molecule has 2 aliphatic heterocycles. The molecule has 0 radical (unpaired) electrons. The van der Waals surface area contributed by atoms with Crippen molar-refractivity contribution in [1.29, 1.82) is 0 Å². The Balaban J connectivity index is 1.62. The second-order valence-corrected chi connectivity index (χ2v) is 6.40. The van der Waals surface area contributed by atoms with Gasteiger partial charge >= 0.3 is 0 Å². The fourth-order valence-corrected chi connectivity index (χ4v) is 3.46. The van der Waals surface area contributed by atoms with Crippen LogP contribution in [0.15, 0.2) is 24.3 Å². The minimum atomic E-state index is -0.0377. The van der Waals surface area contributed by atoms with Gasteiger partial charge in [0.2, 0.25) is 0 Å². The quantitative estimate of drug-likeness (QED) is 0.928. The van der Waals surface area contributed by atoms with Gasteiger partial charge in [-0.2, -0.15) is 0 Å². The maximum absolute atomic E-state index is 6.07. The lowest BCUT2D eigenvalue weighted by Crippen LogP contribution is -2.48. The van der Waals surface area contributed by atoms with Crippen LogP contribution in [0.1, 0.15) is 37.8 Å². The highest BCUT2D eigenvalue weighted by molar-refractivity contribution is 6.30. The third-order valence-electron chi connectivity index (χ3n) is 4.39. The maximum Gasteiger partial charge on any atom is 0.0951 e. The molecule has 0 aromatic heterocycles. The zero-order valence-electron chi connectivity index (χ0n) is 11.9. The van der Waals surface area contributed by atoms with Crippen molar-refractivity contribution in [2.24, 2.45) is 0 Å². The number of rotatable bonds is 3. The summed E-state index contributed by atoms with van der Waals surface area (Å²) in [5.74, 6) is 0. The third kappa shape index (κ3) is 3.17. The molecule has 4 heteroatoms. The molecule has 2 aliphatic rings. The van der Waals surface area contributed by atoms with Crippen molar-refractivity contribution in [3.05, 3.63) is 34.9 Å². The molecule has 1 aromatic rings. The van der Waals surface area contributed by atoms with Gasteiger partial charge in [0.25, 0.3) is 0 Å². The molecule has 1 spiro atoms. The van der Waals surface area contributed by atoms with E-state index < -0.39 is 0 Å². The van der Waals surface area contributed by atoms with Crippen molar-refractivity contribution >= 4 is 11.6 Å². The molecule has 2 saturated heterocycles. The molecule has 3 rings (SSSR count). The summed E-state index contributed by atoms with van der Waals surface area (Å²) in [5.41, 5.74) is 1.20. The molecule has 1 N–H and O–H groups in total. The first kappa shape index (κ1) is 14.3. The molecule has 3 nitrogen and oxygen atoms in total. The van der Waals surface area contributed by atoms with Crippen LogP contribution in [0.2, 0.25) is 5.02 Å². The summed E-state index contributed by atoms with van der Waals surface area (Å²) in [5, 5.41) is 4.51. The molecular weight excluding hydrogens is 274 g/mol. The lowest BCUT2D eigenvalue weighted by molar-refractivity contribution is -0.0902. The lowest BCUT2D eigenvalue weighted by atomic mass is 9.89. The molecule has 1 aromatic carbocycles. The number of ether oxygens (including phenoxy) is 2. The Morgan fingerprint density at radius 3 is 3.05 bits per heavy atom. The van der Waals surface area contributed by atoms with Crippen LogP contribution >= 0.6 is 11.6 Å². The number of benzene rings is 1. The molecule has 0 aliphatic carbocycles. The number of hydrogen-bond donors (Lipinski definition) is 1. The van der Waals surface area contributed by atoms with Gasteiger partial charge in [0, 0.05) is 36.7 Å². The highest BCUT2D eigenvalue weighted by atomic mass is 35.5. The van der Waals surface area contributed by atoms with Gasteiger partial charge in [-0.25, -0.2) is 0 Å². The van der Waals surface area contributed by atoms with Gasteiger partial charge in [0.1, 0.15) is 0 Å². The van der Waals surface area contributed by atoms with Crippen LogP contribution in [-0.4, -0.2) is 31.5 Å². The van der Waals surface area contributed by atoms with E-state index in [4.69, 9.17) is 21.1 Å². The summed E-state index contributed by atoms with van der Waals surface area (Å²) < 4.78 is 11.5. The molecule has 0 saturated carbocycles. The summed E-state index contributed by atoms with van der Waals surface area (Å²) >= 11 is 6.07. The summed E-state index contributed by atoms with van der Waals surface area (Å²) in [7, 11) is 0. The lowest BCUT2D eigenvalue weighted by Gasteiger charge is -2.38. The molecule has 2 fully saturated rings. The van der Waals surface area contributed by atoms with Gasteiger partial charge in [-0.05, 0) is 37.5 Å². The third-order valence-corrected chi connectivity index (χ3v) is 4.63. The van der Waals surface area contributed by atoms with Gasteiger partial charge in [0.05, 0.1) is 12.2 Å². The predicted octanol–water partition coefficient (Wildman–Crippen LogP) is 3.33. The largest absolute Gasteiger partial charge is 0.378 e. The summed E-state index contributed by atoms with van der Waals surface area (Å²) in [4.78, 5) is 0. The van der Waals surface area contributed by atoms with E-state index in [1.807, 2.05) is 18.2 Å². The molecule has 110 valence electrons. The van der Waals surface area contributed by atoms with E-state index in [0.717, 1.165) is 44.1 Å². The molecule has 3 atom stereocenters. The zero-order chi connectivity index (χ0) is 14.0. The van der Waals surface area contributed by atoms with E-state index in [-0.39, 0.29) is 5.60 Å². The van der Waals surface area contributed by atoms with Gasteiger partial charge in [0.15, 0.2) is 0 Å². The average molecular weight is 296 g/mol. The van der Waals surface area contributed by atoms with E-state index in [9.17, 15) is 0 Å². The van der Waals surface area contributed by atoms with Crippen molar-refractivity contribution in [1.82, 2.24) is 5.32 Å². The van der Waals surface area contributed by atoms with Gasteiger partial charge < -0.3 is 14.8 Å². The fraction of sp³-hybridized carbons (Fsp3) is 0.625. The van der Waals surface area contributed by atoms with Crippen LogP contribution in [0.4, 0.5) is 0 Å². The second-order valence-electron chi connectivity index (χ2n) is 5.97. The smallest absolute Gasteiger partial charge is 0.0951 e. The monoisotopic (exact) mass is 295 g/mol. The Morgan fingerprint density at radius 2 is 2.30 bits per heavy atom. The fourth-order valence-electron chi connectivity index (χ4n) is 3.26. The molecule has 20 heavy (non-hydrogen) atoms. The van der Waals surface area contributed by atoms with E-state index >= 15 is 0 Å². The van der Waals surface area contributed by atoms with Crippen LogP contribution in [0.25, 0.3) is 0 Å². The first-order valence-electron chi connectivity index (χ1n) is 7.40. The summed E-state index contributed by atoms with van der Waals surface area (Å²) in [6, 6.07) is 8.86. The first-order valence-corrected chi connectivity index (χ1v) is 7.78. The van der Waals surface area contributed by atoms with Crippen molar-refractivity contribution in [3.8, 4) is 0 Å². The molecule has 0 bridgehead atoms. The highest BCUT2D eigenvalue weighted by Gasteiger charge is 2.41. The van der Waals surface area contributed by atoms with Crippen molar-refractivity contribution in [2.45, 2.75) is 43.9 Å². The van der Waals surface area contributed by atoms with Crippen LogP contribution in [0, 0.1) is 0 Å². The van der Waals surface area contributed by atoms with E-state index in [1.165, 1.54) is 5.56 Å². The molecule has 2 heterocycles. The molecule has 2 unspecified atom stereocenters. The van der Waals surface area contributed by atoms with Gasteiger partial charge in [-0.1, -0.05) is 23.7 Å². The molecular formula is C16H22ClNO2. The summed E-state index contributed by atoms with van der Waals surface area (Å²) in [6.45, 7) is 4.59. The van der Waals surface area contributed by atoms with E-state index in [1.54, 1.807) is 0 Å².